The van der Waals surface area contributed by atoms with Gasteiger partial charge < -0.3 is 10.1 Å². The Morgan fingerprint density at radius 3 is 2.59 bits per heavy atom. The van der Waals surface area contributed by atoms with Crippen molar-refractivity contribution < 1.29 is 18.7 Å². The summed E-state index contributed by atoms with van der Waals surface area (Å²) in [5, 5.41) is 4.96. The van der Waals surface area contributed by atoms with Crippen LogP contribution in [0.4, 0.5) is 4.39 Å². The van der Waals surface area contributed by atoms with Crippen molar-refractivity contribution in [3.63, 3.8) is 0 Å². The molecule has 0 saturated heterocycles. The number of halogens is 2. The number of nitrogens with one attached hydrogen (secondary N) is 1. The first-order chi connectivity index (χ1) is 13.0. The van der Waals surface area contributed by atoms with Crippen molar-refractivity contribution in [1.29, 1.82) is 0 Å². The lowest BCUT2D eigenvalue weighted by molar-refractivity contribution is -0.124. The summed E-state index contributed by atoms with van der Waals surface area (Å²) in [5.74, 6) is -2.20. The number of ether oxygens (including phenoxy) is 1. The van der Waals surface area contributed by atoms with E-state index in [2.05, 4.69) is 5.32 Å². The molecule has 3 rings (SSSR count). The number of amides is 1. The van der Waals surface area contributed by atoms with E-state index in [-0.39, 0.29) is 16.6 Å². The summed E-state index contributed by atoms with van der Waals surface area (Å²) >= 11 is 7.27. The van der Waals surface area contributed by atoms with Crippen LogP contribution < -0.4 is 5.32 Å². The zero-order valence-electron chi connectivity index (χ0n) is 14.0. The maximum atomic E-state index is 13.7. The van der Waals surface area contributed by atoms with Gasteiger partial charge in [-0.15, -0.1) is 11.3 Å². The quantitative estimate of drug-likeness (QED) is 0.612. The number of carbonyl (C=O) groups is 2. The SMILES string of the molecule is O=C(COC(=O)c1cc(Cl)ccc1F)N[C@@H](c1ccccc1)c1cccs1. The molecule has 0 aliphatic rings. The summed E-state index contributed by atoms with van der Waals surface area (Å²) in [4.78, 5) is 25.3. The van der Waals surface area contributed by atoms with Crippen molar-refractivity contribution in [3.05, 3.63) is 92.9 Å². The number of benzene rings is 2. The molecule has 1 heterocycles. The highest BCUT2D eigenvalue weighted by molar-refractivity contribution is 7.10. The van der Waals surface area contributed by atoms with Crippen molar-refractivity contribution in [2.45, 2.75) is 6.04 Å². The monoisotopic (exact) mass is 403 g/mol. The van der Waals surface area contributed by atoms with Crippen molar-refractivity contribution in [2.24, 2.45) is 0 Å². The minimum atomic E-state index is -0.947. The Morgan fingerprint density at radius 1 is 1.11 bits per heavy atom. The van der Waals surface area contributed by atoms with Gasteiger partial charge in [0.2, 0.25) is 0 Å². The van der Waals surface area contributed by atoms with E-state index in [0.29, 0.717) is 0 Å². The summed E-state index contributed by atoms with van der Waals surface area (Å²) < 4.78 is 18.6. The fourth-order valence-corrected chi connectivity index (χ4v) is 3.46. The maximum Gasteiger partial charge on any atom is 0.341 e. The van der Waals surface area contributed by atoms with Gasteiger partial charge in [-0.2, -0.15) is 0 Å². The van der Waals surface area contributed by atoms with Crippen molar-refractivity contribution >= 4 is 34.8 Å². The average molecular weight is 404 g/mol. The number of rotatable bonds is 6. The molecule has 0 saturated carbocycles. The molecule has 1 N–H and O–H groups in total. The molecule has 7 heteroatoms. The van der Waals surface area contributed by atoms with Crippen LogP contribution in [0.25, 0.3) is 0 Å². The average Bonchev–Trinajstić information content (AvgIpc) is 3.21. The molecule has 2 aromatic carbocycles. The van der Waals surface area contributed by atoms with Crippen molar-refractivity contribution in [3.8, 4) is 0 Å². The van der Waals surface area contributed by atoms with Gasteiger partial charge in [0, 0.05) is 9.90 Å². The number of hydrogen-bond donors (Lipinski definition) is 1. The first-order valence-corrected chi connectivity index (χ1v) is 9.30. The van der Waals surface area contributed by atoms with Crippen molar-refractivity contribution in [1.82, 2.24) is 5.32 Å². The zero-order chi connectivity index (χ0) is 19.2. The van der Waals surface area contributed by atoms with Crippen LogP contribution in [0, 0.1) is 5.82 Å². The van der Waals surface area contributed by atoms with Gasteiger partial charge >= 0.3 is 5.97 Å². The molecule has 1 amide bonds. The Bertz CT molecular complexity index is 932. The van der Waals surface area contributed by atoms with E-state index in [9.17, 15) is 14.0 Å². The first-order valence-electron chi connectivity index (χ1n) is 8.04. The lowest BCUT2D eigenvalue weighted by atomic mass is 10.1. The molecule has 0 radical (unpaired) electrons. The Balaban J connectivity index is 1.66. The highest BCUT2D eigenvalue weighted by Gasteiger charge is 2.20. The summed E-state index contributed by atoms with van der Waals surface area (Å²) in [6, 6.07) is 16.4. The Labute approximate surface area is 164 Å². The fraction of sp³-hybridized carbons (Fsp3) is 0.100. The zero-order valence-corrected chi connectivity index (χ0v) is 15.6. The standard InChI is InChI=1S/C20H15ClFNO3S/c21-14-8-9-16(22)15(11-14)20(25)26-12-18(24)23-19(17-7-4-10-27-17)13-5-2-1-3-6-13/h1-11,19H,12H2,(H,23,24)/t19-/m0/s1. The summed E-state index contributed by atoms with van der Waals surface area (Å²) in [7, 11) is 0. The Kier molecular flexibility index (Phi) is 6.21. The van der Waals surface area contributed by atoms with Gasteiger partial charge in [-0.1, -0.05) is 48.0 Å². The van der Waals surface area contributed by atoms with Gasteiger partial charge in [0.1, 0.15) is 5.82 Å². The van der Waals surface area contributed by atoms with Crippen LogP contribution in [0.2, 0.25) is 5.02 Å². The van der Waals surface area contributed by atoms with Gasteiger partial charge in [-0.3, -0.25) is 4.79 Å². The predicted octanol–water partition coefficient (Wildman–Crippen LogP) is 4.60. The second-order valence-corrected chi connectivity index (χ2v) is 7.04. The van der Waals surface area contributed by atoms with Crippen LogP contribution in [0.15, 0.2) is 66.0 Å². The second kappa shape index (κ2) is 8.79. The second-order valence-electron chi connectivity index (χ2n) is 5.63. The van der Waals surface area contributed by atoms with Crippen LogP contribution in [-0.4, -0.2) is 18.5 Å². The minimum Gasteiger partial charge on any atom is -0.452 e. The number of carbonyl (C=O) groups excluding carboxylic acids is 2. The molecule has 1 atom stereocenters. The predicted molar refractivity (Wildman–Crippen MR) is 102 cm³/mol. The van der Waals surface area contributed by atoms with E-state index in [1.807, 2.05) is 47.8 Å². The maximum absolute atomic E-state index is 13.7. The molecular weight excluding hydrogens is 389 g/mol. The van der Waals surface area contributed by atoms with Crippen LogP contribution in [0.1, 0.15) is 26.8 Å². The molecular formula is C20H15ClFNO3S. The minimum absolute atomic E-state index is 0.203. The van der Waals surface area contributed by atoms with Gasteiger partial charge in [0.15, 0.2) is 6.61 Å². The summed E-state index contributed by atoms with van der Waals surface area (Å²) in [6.45, 7) is -0.528. The van der Waals surface area contributed by atoms with Crippen molar-refractivity contribution in [2.75, 3.05) is 6.61 Å². The lowest BCUT2D eigenvalue weighted by Gasteiger charge is -2.18. The largest absolute Gasteiger partial charge is 0.452 e. The number of esters is 1. The normalized spacial score (nSPS) is 11.6. The van der Waals surface area contributed by atoms with Gasteiger partial charge in [-0.25, -0.2) is 9.18 Å². The molecule has 0 unspecified atom stereocenters. The topological polar surface area (TPSA) is 55.4 Å². The van der Waals surface area contributed by atoms with Crippen LogP contribution in [0.3, 0.4) is 0 Å². The van der Waals surface area contributed by atoms with Gasteiger partial charge in [0.25, 0.3) is 5.91 Å². The molecule has 0 aliphatic carbocycles. The van der Waals surface area contributed by atoms with Gasteiger partial charge in [-0.05, 0) is 35.2 Å². The fourth-order valence-electron chi connectivity index (χ4n) is 2.49. The van der Waals surface area contributed by atoms with E-state index in [1.165, 1.54) is 17.4 Å². The third-order valence-corrected chi connectivity index (χ3v) is 4.92. The highest BCUT2D eigenvalue weighted by Crippen LogP contribution is 2.25. The first kappa shape index (κ1) is 19.1. The molecule has 0 spiro atoms. The molecule has 1 aromatic heterocycles. The third kappa shape index (κ3) is 4.93. The molecule has 138 valence electrons. The van der Waals surface area contributed by atoms with Crippen LogP contribution in [-0.2, 0) is 9.53 Å². The highest BCUT2D eigenvalue weighted by atomic mass is 35.5. The van der Waals surface area contributed by atoms with E-state index < -0.39 is 24.3 Å². The van der Waals surface area contributed by atoms with E-state index >= 15 is 0 Å². The molecule has 4 nitrogen and oxygen atoms in total. The number of hydrogen-bond acceptors (Lipinski definition) is 4. The molecule has 0 aliphatic heterocycles. The van der Waals surface area contributed by atoms with Crippen LogP contribution >= 0.6 is 22.9 Å². The molecule has 27 heavy (non-hydrogen) atoms. The molecule has 0 fully saturated rings. The third-order valence-electron chi connectivity index (χ3n) is 3.75. The van der Waals surface area contributed by atoms with E-state index in [4.69, 9.17) is 16.3 Å². The van der Waals surface area contributed by atoms with E-state index in [0.717, 1.165) is 22.6 Å². The summed E-state index contributed by atoms with van der Waals surface area (Å²) in [5.41, 5.74) is 0.591. The van der Waals surface area contributed by atoms with E-state index in [1.54, 1.807) is 0 Å². The lowest BCUT2D eigenvalue weighted by Crippen LogP contribution is -2.32. The smallest absolute Gasteiger partial charge is 0.341 e. The van der Waals surface area contributed by atoms with Gasteiger partial charge in [0.05, 0.1) is 11.6 Å². The summed E-state index contributed by atoms with van der Waals surface area (Å²) in [6.07, 6.45) is 0. The Morgan fingerprint density at radius 2 is 1.89 bits per heavy atom. The number of thiophene rings is 1. The Hall–Kier alpha value is -2.70. The van der Waals surface area contributed by atoms with Crippen LogP contribution in [0.5, 0.6) is 0 Å². The molecule has 3 aromatic rings. The molecule has 0 bridgehead atoms.